The van der Waals surface area contributed by atoms with Crippen LogP contribution in [-0.2, 0) is 17.1 Å². The van der Waals surface area contributed by atoms with Crippen molar-refractivity contribution in [3.05, 3.63) is 58.5 Å². The number of halogens is 5. The van der Waals surface area contributed by atoms with Crippen LogP contribution < -0.4 is 5.73 Å². The van der Waals surface area contributed by atoms with Gasteiger partial charge in [0.2, 0.25) is 11.5 Å². The van der Waals surface area contributed by atoms with Crippen molar-refractivity contribution in [2.75, 3.05) is 0 Å². The summed E-state index contributed by atoms with van der Waals surface area (Å²) in [5.74, 6) is -13.1. The van der Waals surface area contributed by atoms with Crippen molar-refractivity contribution in [1.29, 1.82) is 0 Å². The molecule has 1 aromatic carbocycles. The fourth-order valence-corrected chi connectivity index (χ4v) is 2.96. The summed E-state index contributed by atoms with van der Waals surface area (Å²) < 4.78 is 70.6. The van der Waals surface area contributed by atoms with E-state index >= 15 is 0 Å². The maximum Gasteiger partial charge on any atom is 0.351 e. The molecule has 0 saturated carbocycles. The van der Waals surface area contributed by atoms with E-state index in [0.29, 0.717) is 6.20 Å². The van der Waals surface area contributed by atoms with Crippen LogP contribution in [0.1, 0.15) is 28.0 Å². The average Bonchev–Trinajstić information content (AvgIpc) is 2.99. The van der Waals surface area contributed by atoms with Gasteiger partial charge in [-0.05, 0) is 24.6 Å². The van der Waals surface area contributed by atoms with Crippen LogP contribution >= 0.6 is 0 Å². The van der Waals surface area contributed by atoms with Crippen molar-refractivity contribution in [3.8, 4) is 5.69 Å². The van der Waals surface area contributed by atoms with Crippen molar-refractivity contribution < 1.29 is 31.5 Å². The standard InChI is InChI=1S/C17H10F5N3O2/c1-24-11-6-8(2-3-10(11)18)25-7-9(17(21,22)15(23)27)13-12(25)4-5-16(19,20)14(13)26/h2-3,6-7H,4-5H2,(H2,23,27). The van der Waals surface area contributed by atoms with E-state index in [1.807, 2.05) is 0 Å². The normalized spacial score (nSPS) is 15.9. The number of alkyl halides is 4. The van der Waals surface area contributed by atoms with Crippen molar-refractivity contribution in [3.63, 3.8) is 0 Å². The highest BCUT2D eigenvalue weighted by Gasteiger charge is 2.52. The molecule has 0 aliphatic heterocycles. The van der Waals surface area contributed by atoms with Gasteiger partial charge in [-0.3, -0.25) is 9.59 Å². The summed E-state index contributed by atoms with van der Waals surface area (Å²) in [6, 6.07) is 3.06. The van der Waals surface area contributed by atoms with Gasteiger partial charge < -0.3 is 10.3 Å². The third-order valence-corrected chi connectivity index (χ3v) is 4.32. The molecule has 1 aliphatic carbocycles. The van der Waals surface area contributed by atoms with Crippen LogP contribution in [0, 0.1) is 12.4 Å². The molecule has 5 nitrogen and oxygen atoms in total. The van der Waals surface area contributed by atoms with E-state index < -0.39 is 59.0 Å². The van der Waals surface area contributed by atoms with E-state index in [1.54, 1.807) is 0 Å². The smallest absolute Gasteiger partial charge is 0.351 e. The minimum atomic E-state index is -4.37. The number of nitrogens with two attached hydrogens (primary N) is 1. The summed E-state index contributed by atoms with van der Waals surface area (Å²) in [4.78, 5) is 26.2. The zero-order chi connectivity index (χ0) is 20.1. The Morgan fingerprint density at radius 3 is 2.59 bits per heavy atom. The molecular formula is C17H10F5N3O2. The van der Waals surface area contributed by atoms with Crippen LogP contribution in [0.25, 0.3) is 10.5 Å². The fourth-order valence-electron chi connectivity index (χ4n) is 2.96. The summed E-state index contributed by atoms with van der Waals surface area (Å²) >= 11 is 0. The van der Waals surface area contributed by atoms with Crippen molar-refractivity contribution >= 4 is 17.4 Å². The number of nitrogens with zero attached hydrogens (tertiary/aromatic N) is 2. The lowest BCUT2D eigenvalue weighted by atomic mass is 9.88. The molecular weight excluding hydrogens is 373 g/mol. The highest BCUT2D eigenvalue weighted by atomic mass is 19.3. The highest BCUT2D eigenvalue weighted by Crippen LogP contribution is 2.42. The molecule has 140 valence electrons. The Balaban J connectivity index is 2.32. The lowest BCUT2D eigenvalue weighted by molar-refractivity contribution is -0.143. The molecule has 0 atom stereocenters. The maximum atomic E-state index is 14.2. The van der Waals surface area contributed by atoms with Crippen molar-refractivity contribution in [2.24, 2.45) is 5.73 Å². The predicted molar refractivity (Wildman–Crippen MR) is 82.7 cm³/mol. The van der Waals surface area contributed by atoms with Crippen molar-refractivity contribution in [1.82, 2.24) is 4.57 Å². The van der Waals surface area contributed by atoms with Gasteiger partial charge in [0.15, 0.2) is 0 Å². The van der Waals surface area contributed by atoms with Gasteiger partial charge in [0.05, 0.1) is 17.7 Å². The van der Waals surface area contributed by atoms with Crippen LogP contribution in [0.5, 0.6) is 0 Å². The Morgan fingerprint density at radius 2 is 2.00 bits per heavy atom. The maximum absolute atomic E-state index is 14.2. The molecule has 0 radical (unpaired) electrons. The van der Waals surface area contributed by atoms with Gasteiger partial charge in [-0.2, -0.15) is 17.6 Å². The largest absolute Gasteiger partial charge is 0.364 e. The first-order chi connectivity index (χ1) is 12.5. The summed E-state index contributed by atoms with van der Waals surface area (Å²) in [6.45, 7) is 6.92. The van der Waals surface area contributed by atoms with E-state index in [-0.39, 0.29) is 11.4 Å². The minimum absolute atomic E-state index is 0.00295. The fraction of sp³-hybridized carbons (Fsp3) is 0.235. The van der Waals surface area contributed by atoms with Crippen LogP contribution in [0.3, 0.4) is 0 Å². The van der Waals surface area contributed by atoms with Crippen molar-refractivity contribution in [2.45, 2.75) is 24.7 Å². The number of benzene rings is 1. The van der Waals surface area contributed by atoms with E-state index in [4.69, 9.17) is 6.57 Å². The first-order valence-corrected chi connectivity index (χ1v) is 7.53. The molecule has 10 heteroatoms. The number of primary amides is 1. The minimum Gasteiger partial charge on any atom is -0.364 e. The SMILES string of the molecule is [C-]#[N+]c1cc(-n2cc(C(F)(F)C(N)=O)c3c2CCC(F)(F)C3=O)ccc1F. The number of Topliss-reactive ketones (excluding diaryl/α,β-unsaturated/α-hetero) is 1. The Morgan fingerprint density at radius 1 is 1.33 bits per heavy atom. The third kappa shape index (κ3) is 2.75. The van der Waals surface area contributed by atoms with E-state index in [9.17, 15) is 31.5 Å². The zero-order valence-corrected chi connectivity index (χ0v) is 13.4. The second-order valence-corrected chi connectivity index (χ2v) is 5.95. The lowest BCUT2D eigenvalue weighted by Gasteiger charge is -2.23. The van der Waals surface area contributed by atoms with Gasteiger partial charge in [-0.15, -0.1) is 0 Å². The Hall–Kier alpha value is -3.22. The van der Waals surface area contributed by atoms with E-state index in [0.717, 1.165) is 22.8 Å². The number of fused-ring (bicyclic) bond motifs is 1. The molecule has 1 amide bonds. The molecule has 1 heterocycles. The highest BCUT2D eigenvalue weighted by molar-refractivity contribution is 6.06. The molecule has 0 bridgehead atoms. The number of aromatic nitrogens is 1. The van der Waals surface area contributed by atoms with Gasteiger partial charge in [0, 0.05) is 24.0 Å². The number of carbonyl (C=O) groups excluding carboxylic acids is 2. The lowest BCUT2D eigenvalue weighted by Crippen LogP contribution is -2.38. The summed E-state index contributed by atoms with van der Waals surface area (Å²) in [6.07, 6.45) is -0.718. The van der Waals surface area contributed by atoms with Gasteiger partial charge in [0.1, 0.15) is 5.82 Å². The Kier molecular flexibility index (Phi) is 4.06. The van der Waals surface area contributed by atoms with E-state index in [2.05, 4.69) is 10.6 Å². The van der Waals surface area contributed by atoms with Crippen LogP contribution in [0.4, 0.5) is 27.6 Å². The summed E-state index contributed by atoms with van der Waals surface area (Å²) in [5, 5.41) is 0. The van der Waals surface area contributed by atoms with Gasteiger partial charge in [-0.25, -0.2) is 9.24 Å². The number of rotatable bonds is 3. The number of amides is 1. The summed E-state index contributed by atoms with van der Waals surface area (Å²) in [5.41, 5.74) is 1.83. The molecule has 0 spiro atoms. The molecule has 3 rings (SSSR count). The van der Waals surface area contributed by atoms with E-state index in [1.165, 1.54) is 0 Å². The number of ketones is 1. The molecule has 0 fully saturated rings. The van der Waals surface area contributed by atoms with Gasteiger partial charge in [-0.1, -0.05) is 0 Å². The second-order valence-electron chi connectivity index (χ2n) is 5.95. The number of carbonyl (C=O) groups is 2. The molecule has 0 unspecified atom stereocenters. The van der Waals surface area contributed by atoms with Gasteiger partial charge in [0.25, 0.3) is 5.91 Å². The first kappa shape index (κ1) is 18.6. The zero-order valence-electron chi connectivity index (χ0n) is 13.4. The molecule has 1 aliphatic rings. The molecule has 0 saturated heterocycles. The monoisotopic (exact) mass is 383 g/mol. The molecule has 1 aromatic heterocycles. The van der Waals surface area contributed by atoms with Crippen LogP contribution in [-0.4, -0.2) is 22.2 Å². The predicted octanol–water partition coefficient (Wildman–Crippen LogP) is 3.51. The summed E-state index contributed by atoms with van der Waals surface area (Å²) in [7, 11) is 0. The molecule has 27 heavy (non-hydrogen) atoms. The first-order valence-electron chi connectivity index (χ1n) is 7.53. The third-order valence-electron chi connectivity index (χ3n) is 4.32. The topological polar surface area (TPSA) is 69.5 Å². The van der Waals surface area contributed by atoms with Crippen LogP contribution in [0.2, 0.25) is 0 Å². The molecule has 2 aromatic rings. The van der Waals surface area contributed by atoms with Crippen LogP contribution in [0.15, 0.2) is 24.4 Å². The Bertz CT molecular complexity index is 1020. The van der Waals surface area contributed by atoms with Gasteiger partial charge >= 0.3 is 11.8 Å². The second kappa shape index (κ2) is 5.90. The number of hydrogen-bond donors (Lipinski definition) is 1. The number of hydrogen-bond acceptors (Lipinski definition) is 2. The Labute approximate surface area is 149 Å². The average molecular weight is 383 g/mol. The molecule has 2 N–H and O–H groups in total. The quantitative estimate of drug-likeness (QED) is 0.651.